The molecular formula is C16H20N2O3. The number of aromatic nitrogens is 1. The van der Waals surface area contributed by atoms with Crippen molar-refractivity contribution in [2.24, 2.45) is 0 Å². The van der Waals surface area contributed by atoms with Gasteiger partial charge >= 0.3 is 5.97 Å². The normalized spacial score (nSPS) is 10.5. The van der Waals surface area contributed by atoms with Crippen molar-refractivity contribution in [1.29, 1.82) is 0 Å². The third-order valence-electron chi connectivity index (χ3n) is 3.35. The fourth-order valence-electron chi connectivity index (χ4n) is 2.45. The van der Waals surface area contributed by atoms with E-state index >= 15 is 0 Å². The first-order valence-electron chi connectivity index (χ1n) is 6.79. The molecule has 0 unspecified atom stereocenters. The molecule has 0 saturated carbocycles. The summed E-state index contributed by atoms with van der Waals surface area (Å²) in [6.07, 6.45) is 0. The van der Waals surface area contributed by atoms with E-state index in [4.69, 9.17) is 15.2 Å². The number of nitrogens with two attached hydrogens (primary N) is 1. The molecule has 1 aromatic heterocycles. The van der Waals surface area contributed by atoms with Gasteiger partial charge in [0.15, 0.2) is 0 Å². The highest BCUT2D eigenvalue weighted by Gasteiger charge is 2.17. The molecule has 2 rings (SSSR count). The van der Waals surface area contributed by atoms with Crippen molar-refractivity contribution in [3.8, 4) is 17.0 Å². The third-order valence-corrected chi connectivity index (χ3v) is 3.35. The number of rotatable bonds is 4. The van der Waals surface area contributed by atoms with Crippen LogP contribution < -0.4 is 10.5 Å². The number of hydrogen-bond acceptors (Lipinski definition) is 4. The minimum atomic E-state index is -0.415. The molecule has 0 fully saturated rings. The van der Waals surface area contributed by atoms with Crippen LogP contribution in [0.4, 0.5) is 5.82 Å². The molecule has 0 amide bonds. The van der Waals surface area contributed by atoms with Crippen LogP contribution >= 0.6 is 0 Å². The lowest BCUT2D eigenvalue weighted by atomic mass is 9.99. The number of ether oxygens (including phenoxy) is 2. The summed E-state index contributed by atoms with van der Waals surface area (Å²) >= 11 is 0. The summed E-state index contributed by atoms with van der Waals surface area (Å²) in [5.74, 6) is 0.707. The Morgan fingerprint density at radius 3 is 2.38 bits per heavy atom. The molecule has 0 aliphatic heterocycles. The van der Waals surface area contributed by atoms with Crippen LogP contribution in [0, 0.1) is 13.8 Å². The molecule has 0 aliphatic rings. The molecule has 21 heavy (non-hydrogen) atoms. The Labute approximate surface area is 124 Å². The van der Waals surface area contributed by atoms with Crippen molar-refractivity contribution in [2.75, 3.05) is 19.5 Å². The molecule has 5 nitrogen and oxygen atoms in total. The summed E-state index contributed by atoms with van der Waals surface area (Å²) in [6.45, 7) is 6.07. The maximum Gasteiger partial charge on any atom is 0.341 e. The first-order chi connectivity index (χ1) is 9.97. The summed E-state index contributed by atoms with van der Waals surface area (Å²) in [7, 11) is 1.64. The van der Waals surface area contributed by atoms with E-state index in [0.29, 0.717) is 18.0 Å². The van der Waals surface area contributed by atoms with Crippen LogP contribution in [0.25, 0.3) is 11.3 Å². The van der Waals surface area contributed by atoms with Gasteiger partial charge in [0, 0.05) is 11.3 Å². The summed E-state index contributed by atoms with van der Waals surface area (Å²) in [5, 5.41) is 0. The molecule has 0 bridgehead atoms. The summed E-state index contributed by atoms with van der Waals surface area (Å²) in [6, 6.07) is 5.63. The molecular weight excluding hydrogens is 268 g/mol. The Balaban J connectivity index is 2.49. The van der Waals surface area contributed by atoms with E-state index in [9.17, 15) is 4.79 Å². The second kappa shape index (κ2) is 5.91. The number of carbonyl (C=O) groups is 1. The van der Waals surface area contributed by atoms with Crippen LogP contribution in [-0.4, -0.2) is 24.7 Å². The Morgan fingerprint density at radius 2 is 1.86 bits per heavy atom. The van der Waals surface area contributed by atoms with Gasteiger partial charge < -0.3 is 20.2 Å². The number of H-pyrrole nitrogens is 1. The summed E-state index contributed by atoms with van der Waals surface area (Å²) in [4.78, 5) is 14.9. The largest absolute Gasteiger partial charge is 0.497 e. The zero-order valence-corrected chi connectivity index (χ0v) is 12.7. The van der Waals surface area contributed by atoms with E-state index in [1.54, 1.807) is 20.1 Å². The van der Waals surface area contributed by atoms with Gasteiger partial charge in [-0.1, -0.05) is 0 Å². The Kier molecular flexibility index (Phi) is 4.21. The molecule has 0 atom stereocenters. The van der Waals surface area contributed by atoms with E-state index < -0.39 is 5.97 Å². The van der Waals surface area contributed by atoms with Crippen molar-refractivity contribution in [3.63, 3.8) is 0 Å². The van der Waals surface area contributed by atoms with Crippen molar-refractivity contribution < 1.29 is 14.3 Å². The highest BCUT2D eigenvalue weighted by molar-refractivity contribution is 5.96. The second-order valence-corrected chi connectivity index (χ2v) is 4.87. The highest BCUT2D eigenvalue weighted by atomic mass is 16.5. The molecule has 1 heterocycles. The Hall–Kier alpha value is -2.43. The van der Waals surface area contributed by atoms with Crippen molar-refractivity contribution >= 4 is 11.8 Å². The molecule has 3 N–H and O–H groups in total. The van der Waals surface area contributed by atoms with Crippen molar-refractivity contribution in [2.45, 2.75) is 20.8 Å². The van der Waals surface area contributed by atoms with Crippen LogP contribution in [-0.2, 0) is 4.74 Å². The monoisotopic (exact) mass is 288 g/mol. The van der Waals surface area contributed by atoms with Crippen LogP contribution in [0.5, 0.6) is 5.75 Å². The van der Waals surface area contributed by atoms with E-state index in [0.717, 1.165) is 28.1 Å². The number of aromatic amines is 1. The lowest BCUT2D eigenvalue weighted by Crippen LogP contribution is -2.05. The number of hydrogen-bond donors (Lipinski definition) is 2. The zero-order chi connectivity index (χ0) is 15.6. The van der Waals surface area contributed by atoms with E-state index in [1.807, 2.05) is 26.0 Å². The van der Waals surface area contributed by atoms with Crippen molar-refractivity contribution in [1.82, 2.24) is 4.98 Å². The van der Waals surface area contributed by atoms with Gasteiger partial charge in [-0.05, 0) is 50.1 Å². The maximum atomic E-state index is 11.8. The minimum Gasteiger partial charge on any atom is -0.497 e. The topological polar surface area (TPSA) is 77.3 Å². The summed E-state index contributed by atoms with van der Waals surface area (Å²) < 4.78 is 10.3. The van der Waals surface area contributed by atoms with Crippen LogP contribution in [0.2, 0.25) is 0 Å². The van der Waals surface area contributed by atoms with Gasteiger partial charge in [-0.2, -0.15) is 0 Å². The lowest BCUT2D eigenvalue weighted by Gasteiger charge is -2.10. The molecule has 0 aliphatic carbocycles. The number of esters is 1. The average Bonchev–Trinajstić information content (AvgIpc) is 2.80. The lowest BCUT2D eigenvalue weighted by molar-refractivity contribution is 0.0528. The number of aryl methyl sites for hydroxylation is 2. The van der Waals surface area contributed by atoms with Crippen LogP contribution in [0.3, 0.4) is 0 Å². The number of benzene rings is 1. The minimum absolute atomic E-state index is 0.318. The standard InChI is InChI=1S/C16H20N2O3/c1-5-21-16(19)12-8-13(18-15(12)17)14-9(2)6-11(20-4)7-10(14)3/h6-8,18H,5,17H2,1-4H3. The number of anilines is 1. The fourth-order valence-corrected chi connectivity index (χ4v) is 2.45. The molecule has 0 radical (unpaired) electrons. The van der Waals surface area contributed by atoms with E-state index in [2.05, 4.69) is 4.98 Å². The zero-order valence-electron chi connectivity index (χ0n) is 12.7. The van der Waals surface area contributed by atoms with E-state index in [1.165, 1.54) is 0 Å². The predicted octanol–water partition coefficient (Wildman–Crippen LogP) is 3.07. The predicted molar refractivity (Wildman–Crippen MR) is 82.6 cm³/mol. The first-order valence-corrected chi connectivity index (χ1v) is 6.79. The summed E-state index contributed by atoms with van der Waals surface area (Å²) in [5.41, 5.74) is 10.1. The van der Waals surface area contributed by atoms with Gasteiger partial charge in [0.2, 0.25) is 0 Å². The number of nitrogens with one attached hydrogen (secondary N) is 1. The van der Waals surface area contributed by atoms with Gasteiger partial charge in [-0.3, -0.25) is 0 Å². The maximum absolute atomic E-state index is 11.8. The molecule has 2 aromatic rings. The molecule has 5 heteroatoms. The average molecular weight is 288 g/mol. The Bertz CT molecular complexity index is 651. The molecule has 112 valence electrons. The highest BCUT2D eigenvalue weighted by Crippen LogP contribution is 2.32. The van der Waals surface area contributed by atoms with Crippen molar-refractivity contribution in [3.05, 3.63) is 34.9 Å². The second-order valence-electron chi connectivity index (χ2n) is 4.87. The van der Waals surface area contributed by atoms with Crippen LogP contribution in [0.1, 0.15) is 28.4 Å². The third kappa shape index (κ3) is 2.86. The smallest absolute Gasteiger partial charge is 0.341 e. The molecule has 0 spiro atoms. The van der Waals surface area contributed by atoms with Gasteiger partial charge in [-0.15, -0.1) is 0 Å². The quantitative estimate of drug-likeness (QED) is 0.848. The SMILES string of the molecule is CCOC(=O)c1cc(-c2c(C)cc(OC)cc2C)[nH]c1N. The number of nitrogen functional groups attached to an aromatic ring is 1. The van der Waals surface area contributed by atoms with E-state index in [-0.39, 0.29) is 0 Å². The number of methoxy groups -OCH3 is 1. The fraction of sp³-hybridized carbons (Fsp3) is 0.312. The molecule has 1 aromatic carbocycles. The Morgan fingerprint density at radius 1 is 1.24 bits per heavy atom. The first kappa shape index (κ1) is 15.0. The van der Waals surface area contributed by atoms with Gasteiger partial charge in [-0.25, -0.2) is 4.79 Å². The van der Waals surface area contributed by atoms with Gasteiger partial charge in [0.1, 0.15) is 17.1 Å². The number of carbonyl (C=O) groups excluding carboxylic acids is 1. The molecule has 0 saturated heterocycles. The van der Waals surface area contributed by atoms with Gasteiger partial charge in [0.05, 0.1) is 13.7 Å². The van der Waals surface area contributed by atoms with Gasteiger partial charge in [0.25, 0.3) is 0 Å². The van der Waals surface area contributed by atoms with Crippen LogP contribution in [0.15, 0.2) is 18.2 Å².